The minimum absolute atomic E-state index is 0.0746. The molecule has 0 fully saturated rings. The minimum Gasteiger partial charge on any atom is -0.283 e. The van der Waals surface area contributed by atoms with E-state index in [0.717, 1.165) is 0 Å². The number of sulfonamides is 1. The number of anilines is 1. The van der Waals surface area contributed by atoms with Gasteiger partial charge in [-0.15, -0.1) is 0 Å². The number of benzene rings is 2. The van der Waals surface area contributed by atoms with Crippen molar-refractivity contribution in [3.8, 4) is 6.07 Å². The van der Waals surface area contributed by atoms with Crippen molar-refractivity contribution in [2.45, 2.75) is 24.8 Å². The second-order valence-corrected chi connectivity index (χ2v) is 7.76. The number of fused-ring (bicyclic) bond motifs is 1. The molecule has 0 bridgehead atoms. The third-order valence-corrected chi connectivity index (χ3v) is 5.91. The van der Waals surface area contributed by atoms with Crippen molar-refractivity contribution in [3.05, 3.63) is 57.3 Å². The molecule has 0 aliphatic carbocycles. The summed E-state index contributed by atoms with van der Waals surface area (Å²) in [5.41, 5.74) is 0.966. The Morgan fingerprint density at radius 1 is 1.31 bits per heavy atom. The summed E-state index contributed by atoms with van der Waals surface area (Å²) in [7, 11) is -3.85. The fourth-order valence-corrected chi connectivity index (χ4v) is 4.24. The molecule has 0 saturated heterocycles. The van der Waals surface area contributed by atoms with Crippen LogP contribution in [0.15, 0.2) is 46.1 Å². The van der Waals surface area contributed by atoms with Crippen LogP contribution in [0.2, 0.25) is 5.02 Å². The van der Waals surface area contributed by atoms with Gasteiger partial charge in [0.25, 0.3) is 15.6 Å². The van der Waals surface area contributed by atoms with Gasteiger partial charge >= 0.3 is 0 Å². The molecule has 26 heavy (non-hydrogen) atoms. The summed E-state index contributed by atoms with van der Waals surface area (Å²) in [6.07, 6.45) is 0.252. The van der Waals surface area contributed by atoms with Crippen LogP contribution in [0.5, 0.6) is 0 Å². The second-order valence-electron chi connectivity index (χ2n) is 5.70. The summed E-state index contributed by atoms with van der Waals surface area (Å²) in [4.78, 5) is 12.2. The number of aryl methyl sites for hydroxylation is 1. The van der Waals surface area contributed by atoms with E-state index in [1.165, 1.54) is 12.1 Å². The highest BCUT2D eigenvalue weighted by Gasteiger charge is 2.19. The molecule has 7 nitrogen and oxygen atoms in total. The summed E-state index contributed by atoms with van der Waals surface area (Å²) in [6, 6.07) is 11.3. The Hall–Kier alpha value is -2.76. The number of nitrogens with zero attached hydrogens (tertiary/aromatic N) is 2. The van der Waals surface area contributed by atoms with Crippen molar-refractivity contribution in [2.24, 2.45) is 0 Å². The maximum absolute atomic E-state index is 12.6. The van der Waals surface area contributed by atoms with E-state index in [1.807, 2.05) is 6.07 Å². The normalized spacial score (nSPS) is 11.4. The van der Waals surface area contributed by atoms with E-state index in [-0.39, 0.29) is 22.6 Å². The third kappa shape index (κ3) is 3.31. The fraction of sp³-hybridized carbons (Fsp3) is 0.176. The van der Waals surface area contributed by atoms with Crippen LogP contribution in [-0.2, 0) is 16.6 Å². The number of hydrogen-bond donors (Lipinski definition) is 2. The van der Waals surface area contributed by atoms with E-state index < -0.39 is 10.0 Å². The molecule has 0 atom stereocenters. The van der Waals surface area contributed by atoms with Gasteiger partial charge in [0.15, 0.2) is 0 Å². The maximum Gasteiger partial charge on any atom is 0.272 e. The number of H-pyrrole nitrogens is 1. The highest BCUT2D eigenvalue weighted by atomic mass is 35.5. The molecule has 0 spiro atoms. The van der Waals surface area contributed by atoms with Gasteiger partial charge in [-0.05, 0) is 42.8 Å². The molecular formula is C17H15ClN4O3S. The molecule has 0 radical (unpaired) electrons. The first-order chi connectivity index (χ1) is 12.3. The average molecular weight is 391 g/mol. The Bertz CT molecular complexity index is 1190. The van der Waals surface area contributed by atoms with E-state index in [9.17, 15) is 13.2 Å². The summed E-state index contributed by atoms with van der Waals surface area (Å²) in [5.74, 6) is 0. The predicted octanol–water partition coefficient (Wildman–Crippen LogP) is 3.01. The average Bonchev–Trinajstić information content (AvgIpc) is 2.90. The number of nitrogens with one attached hydrogen (secondary N) is 2. The van der Waals surface area contributed by atoms with Crippen LogP contribution < -0.4 is 10.3 Å². The summed E-state index contributed by atoms with van der Waals surface area (Å²) in [6.45, 7) is 1.97. The van der Waals surface area contributed by atoms with Gasteiger partial charge in [-0.2, -0.15) is 5.26 Å². The second kappa shape index (κ2) is 6.86. The Balaban J connectivity index is 1.99. The molecule has 134 valence electrons. The third-order valence-electron chi connectivity index (χ3n) is 3.98. The van der Waals surface area contributed by atoms with Crippen molar-refractivity contribution < 1.29 is 8.42 Å². The quantitative estimate of drug-likeness (QED) is 0.698. The van der Waals surface area contributed by atoms with Crippen LogP contribution in [0.1, 0.15) is 12.0 Å². The van der Waals surface area contributed by atoms with E-state index in [1.54, 1.807) is 35.9 Å². The monoisotopic (exact) mass is 390 g/mol. The van der Waals surface area contributed by atoms with Gasteiger partial charge in [0.2, 0.25) is 0 Å². The predicted molar refractivity (Wildman–Crippen MR) is 99.8 cm³/mol. The molecule has 0 amide bonds. The van der Waals surface area contributed by atoms with Gasteiger partial charge in [-0.25, -0.2) is 8.42 Å². The van der Waals surface area contributed by atoms with E-state index >= 15 is 0 Å². The van der Waals surface area contributed by atoms with Crippen LogP contribution in [0.25, 0.3) is 10.9 Å². The topological polar surface area (TPSA) is 108 Å². The first-order valence-electron chi connectivity index (χ1n) is 7.71. The van der Waals surface area contributed by atoms with Crippen molar-refractivity contribution >= 4 is 38.2 Å². The van der Waals surface area contributed by atoms with Gasteiger partial charge in [0.1, 0.15) is 0 Å². The molecule has 0 unspecified atom stereocenters. The van der Waals surface area contributed by atoms with E-state index in [2.05, 4.69) is 9.82 Å². The molecule has 0 aliphatic heterocycles. The first-order valence-corrected chi connectivity index (χ1v) is 9.57. The fourth-order valence-electron chi connectivity index (χ4n) is 2.69. The Morgan fingerprint density at radius 3 is 2.81 bits per heavy atom. The molecule has 1 aromatic heterocycles. The molecule has 3 aromatic rings. The Labute approximate surface area is 154 Å². The minimum atomic E-state index is -3.85. The van der Waals surface area contributed by atoms with Gasteiger partial charge in [0, 0.05) is 10.7 Å². The lowest BCUT2D eigenvalue weighted by atomic mass is 10.2. The van der Waals surface area contributed by atoms with Gasteiger partial charge < -0.3 is 0 Å². The summed E-state index contributed by atoms with van der Waals surface area (Å²) >= 11 is 6.00. The number of halogens is 1. The molecular weight excluding hydrogens is 376 g/mol. The molecule has 2 N–H and O–H groups in total. The molecule has 1 heterocycles. The molecule has 0 saturated carbocycles. The summed E-state index contributed by atoms with van der Waals surface area (Å²) < 4.78 is 29.3. The van der Waals surface area contributed by atoms with Crippen molar-refractivity contribution in [2.75, 3.05) is 4.72 Å². The van der Waals surface area contributed by atoms with Crippen LogP contribution in [0, 0.1) is 18.3 Å². The van der Waals surface area contributed by atoms with Gasteiger partial charge in [-0.3, -0.25) is 19.3 Å². The lowest BCUT2D eigenvalue weighted by Crippen LogP contribution is -2.14. The van der Waals surface area contributed by atoms with Gasteiger partial charge in [-0.1, -0.05) is 17.7 Å². The van der Waals surface area contributed by atoms with Crippen molar-refractivity contribution in [3.63, 3.8) is 0 Å². The number of rotatable bonds is 5. The van der Waals surface area contributed by atoms with Crippen molar-refractivity contribution in [1.29, 1.82) is 5.26 Å². The Morgan fingerprint density at radius 2 is 2.08 bits per heavy atom. The number of aromatic nitrogens is 2. The first kappa shape index (κ1) is 18.0. The molecule has 2 aromatic carbocycles. The molecule has 0 aliphatic rings. The lowest BCUT2D eigenvalue weighted by molar-refractivity contribution is 0.600. The summed E-state index contributed by atoms with van der Waals surface area (Å²) in [5, 5.41) is 12.0. The Kier molecular flexibility index (Phi) is 4.76. The van der Waals surface area contributed by atoms with Crippen LogP contribution >= 0.6 is 11.6 Å². The lowest BCUT2D eigenvalue weighted by Gasteiger charge is -2.11. The number of aromatic amines is 1. The largest absolute Gasteiger partial charge is 0.283 e. The highest BCUT2D eigenvalue weighted by Crippen LogP contribution is 2.25. The van der Waals surface area contributed by atoms with Crippen LogP contribution in [0.4, 0.5) is 5.69 Å². The zero-order valence-electron chi connectivity index (χ0n) is 13.8. The van der Waals surface area contributed by atoms with Crippen molar-refractivity contribution in [1.82, 2.24) is 9.78 Å². The zero-order chi connectivity index (χ0) is 18.9. The van der Waals surface area contributed by atoms with Crippen LogP contribution in [-0.4, -0.2) is 18.2 Å². The van der Waals surface area contributed by atoms with Crippen LogP contribution in [0.3, 0.4) is 0 Å². The number of nitriles is 1. The smallest absolute Gasteiger partial charge is 0.272 e. The molecule has 3 rings (SSSR count). The SMILES string of the molecule is Cc1c(Cl)cccc1S(=O)(=O)Nc1ccc2c(c1)c(=O)[nH]n2CCC#N. The van der Waals surface area contributed by atoms with E-state index in [0.29, 0.717) is 28.0 Å². The van der Waals surface area contributed by atoms with E-state index in [4.69, 9.17) is 16.9 Å². The standard InChI is InChI=1S/C17H15ClN4O3S/c1-11-14(18)4-2-5-16(11)26(24,25)21-12-6-7-15-13(10-12)17(23)20-22(15)9-3-8-19/h2,4-7,10,21H,3,9H2,1H3,(H,20,23). The zero-order valence-corrected chi connectivity index (χ0v) is 15.4. The molecule has 9 heteroatoms. The number of hydrogen-bond acceptors (Lipinski definition) is 4. The maximum atomic E-state index is 12.6. The van der Waals surface area contributed by atoms with Gasteiger partial charge in [0.05, 0.1) is 34.8 Å². The highest BCUT2D eigenvalue weighted by molar-refractivity contribution is 7.92.